The number of ether oxygens (including phenoxy) is 1. The van der Waals surface area contributed by atoms with Gasteiger partial charge in [-0.05, 0) is 62.6 Å². The predicted octanol–water partition coefficient (Wildman–Crippen LogP) is 4.51. The number of hydrogen-bond acceptors (Lipinski definition) is 11. The molecule has 4 heterocycles. The molecule has 3 N–H and O–H groups in total. The maximum Gasteiger partial charge on any atom is 0.229 e. The highest BCUT2D eigenvalue weighted by atomic mass is 35.5. The second-order valence-corrected chi connectivity index (χ2v) is 14.8. The lowest BCUT2D eigenvalue weighted by atomic mass is 10.0. The number of anilines is 7. The number of nitrogens with one attached hydrogen (secondary N) is 3. The molecular weight excluding hydrogens is 626 g/mol. The van der Waals surface area contributed by atoms with Gasteiger partial charge in [0.2, 0.25) is 16.0 Å². The number of fused-ring (bicyclic) bond motifs is 1. The van der Waals surface area contributed by atoms with E-state index in [0.29, 0.717) is 40.0 Å². The molecule has 0 aliphatic carbocycles. The Morgan fingerprint density at radius 2 is 1.65 bits per heavy atom. The summed E-state index contributed by atoms with van der Waals surface area (Å²) in [7, 11) is 2.36. The zero-order valence-corrected chi connectivity index (χ0v) is 28.8. The van der Waals surface area contributed by atoms with E-state index in [0.717, 1.165) is 93.8 Å². The van der Waals surface area contributed by atoms with Crippen LogP contribution in [-0.4, -0.2) is 108 Å². The Balaban J connectivity index is 1.19. The van der Waals surface area contributed by atoms with Gasteiger partial charge in [0, 0.05) is 76.3 Å². The minimum Gasteiger partial charge on any atom is -0.494 e. The fraction of sp³-hybridized carbons (Fsp3) is 0.500. The van der Waals surface area contributed by atoms with Gasteiger partial charge < -0.3 is 30.1 Å². The molecule has 3 aromatic rings. The molecule has 2 fully saturated rings. The fourth-order valence-corrected chi connectivity index (χ4v) is 7.40. The average molecular weight is 670 g/mol. The number of aryl methyl sites for hydroxylation is 1. The van der Waals surface area contributed by atoms with Gasteiger partial charge in [0.25, 0.3) is 0 Å². The average Bonchev–Trinajstić information content (AvgIpc) is 3.37. The van der Waals surface area contributed by atoms with E-state index in [1.165, 1.54) is 11.9 Å². The lowest BCUT2D eigenvalue weighted by molar-refractivity contribution is 0.0982. The number of sulfonamides is 1. The number of benzene rings is 2. The molecule has 0 saturated carbocycles. The minimum absolute atomic E-state index is 0.295. The Morgan fingerprint density at radius 3 is 2.35 bits per heavy atom. The first-order chi connectivity index (χ1) is 22.0. The first-order valence-electron chi connectivity index (χ1n) is 15.8. The summed E-state index contributed by atoms with van der Waals surface area (Å²) < 4.78 is 32.8. The van der Waals surface area contributed by atoms with Crippen molar-refractivity contribution in [2.24, 2.45) is 0 Å². The van der Waals surface area contributed by atoms with Crippen LogP contribution in [0.3, 0.4) is 0 Å². The van der Waals surface area contributed by atoms with Crippen molar-refractivity contribution >= 4 is 61.8 Å². The van der Waals surface area contributed by atoms with Crippen LogP contribution in [-0.2, 0) is 16.4 Å². The SMILES string of the molecule is COc1cc(N2CCC(N3CCN(C)CC3)CC2)c(C)cc1Nc1ncc(Cl)c(Nc2cc3c(cc2NS(C)(=O)=O)CCN3C)n1. The number of piperidine rings is 1. The molecule has 0 atom stereocenters. The summed E-state index contributed by atoms with van der Waals surface area (Å²) in [6.45, 7) is 9.59. The smallest absolute Gasteiger partial charge is 0.229 e. The van der Waals surface area contributed by atoms with Crippen LogP contribution in [0.4, 0.5) is 40.2 Å². The summed E-state index contributed by atoms with van der Waals surface area (Å²) in [5.74, 6) is 1.35. The van der Waals surface area contributed by atoms with Crippen molar-refractivity contribution in [2.75, 3.05) is 98.4 Å². The standard InChI is InChI=1S/C32H44ClN9O3S/c1-21-16-27(30(45-4)19-28(21)42-10-7-23(8-11-42)41-14-12-39(2)13-15-41)36-32-34-20-24(33)31(37-32)35-25-18-29-22(6-9-40(29)3)17-26(25)38-46(5,43)44/h16-20,23,38H,6-15H2,1-5H3,(H2,34,35,36,37). The van der Waals surface area contributed by atoms with Gasteiger partial charge in [-0.25, -0.2) is 13.4 Å². The lowest BCUT2D eigenvalue weighted by Gasteiger charge is -2.43. The van der Waals surface area contributed by atoms with E-state index >= 15 is 0 Å². The van der Waals surface area contributed by atoms with E-state index in [1.54, 1.807) is 7.11 Å². The van der Waals surface area contributed by atoms with Gasteiger partial charge in [-0.3, -0.25) is 9.62 Å². The maximum atomic E-state index is 12.2. The molecule has 0 spiro atoms. The Bertz CT molecular complexity index is 1690. The van der Waals surface area contributed by atoms with Gasteiger partial charge in [-0.1, -0.05) is 11.6 Å². The fourth-order valence-electron chi connectivity index (χ4n) is 6.69. The van der Waals surface area contributed by atoms with Crippen LogP contribution in [0.2, 0.25) is 5.02 Å². The van der Waals surface area contributed by atoms with Crippen LogP contribution in [0, 0.1) is 6.92 Å². The largest absolute Gasteiger partial charge is 0.494 e. The number of rotatable bonds is 9. The van der Waals surface area contributed by atoms with E-state index in [2.05, 4.69) is 71.0 Å². The monoisotopic (exact) mass is 669 g/mol. The molecule has 46 heavy (non-hydrogen) atoms. The molecule has 1 aromatic heterocycles. The van der Waals surface area contributed by atoms with E-state index < -0.39 is 10.0 Å². The second kappa shape index (κ2) is 13.3. The van der Waals surface area contributed by atoms with Crippen LogP contribution >= 0.6 is 11.6 Å². The van der Waals surface area contributed by atoms with Crippen molar-refractivity contribution < 1.29 is 13.2 Å². The molecule has 0 amide bonds. The van der Waals surface area contributed by atoms with Crippen LogP contribution in [0.25, 0.3) is 0 Å². The Morgan fingerprint density at radius 1 is 0.913 bits per heavy atom. The first-order valence-corrected chi connectivity index (χ1v) is 18.0. The zero-order valence-electron chi connectivity index (χ0n) is 27.2. The van der Waals surface area contributed by atoms with Crippen LogP contribution in [0.15, 0.2) is 30.5 Å². The first kappa shape index (κ1) is 32.4. The highest BCUT2D eigenvalue weighted by Crippen LogP contribution is 2.39. The van der Waals surface area contributed by atoms with E-state index in [4.69, 9.17) is 16.3 Å². The Hall–Kier alpha value is -3.52. The molecular formula is C32H44ClN9O3S. The third kappa shape index (κ3) is 7.22. The van der Waals surface area contributed by atoms with E-state index in [1.807, 2.05) is 19.2 Å². The lowest BCUT2D eigenvalue weighted by Crippen LogP contribution is -2.52. The van der Waals surface area contributed by atoms with Gasteiger partial charge in [0.05, 0.1) is 36.6 Å². The number of aromatic nitrogens is 2. The third-order valence-corrected chi connectivity index (χ3v) is 10.1. The van der Waals surface area contributed by atoms with Crippen molar-refractivity contribution in [1.29, 1.82) is 0 Å². The number of piperazine rings is 1. The molecule has 3 aliphatic rings. The van der Waals surface area contributed by atoms with E-state index in [-0.39, 0.29) is 0 Å². The predicted molar refractivity (Wildman–Crippen MR) is 188 cm³/mol. The van der Waals surface area contributed by atoms with E-state index in [9.17, 15) is 8.42 Å². The molecule has 12 nitrogen and oxygen atoms in total. The quantitative estimate of drug-likeness (QED) is 0.299. The summed E-state index contributed by atoms with van der Waals surface area (Å²) in [5.41, 5.74) is 6.11. The molecule has 0 radical (unpaired) electrons. The molecule has 3 aliphatic heterocycles. The second-order valence-electron chi connectivity index (χ2n) is 12.6. The van der Waals surface area contributed by atoms with Gasteiger partial charge in [0.15, 0.2) is 5.82 Å². The van der Waals surface area contributed by atoms with Gasteiger partial charge in [-0.2, -0.15) is 4.98 Å². The summed E-state index contributed by atoms with van der Waals surface area (Å²) in [6.07, 6.45) is 5.79. The molecule has 0 bridgehead atoms. The van der Waals surface area contributed by atoms with Crippen LogP contribution in [0.5, 0.6) is 5.75 Å². The van der Waals surface area contributed by atoms with Crippen molar-refractivity contribution in [3.05, 3.63) is 46.6 Å². The molecule has 0 unspecified atom stereocenters. The molecule has 6 rings (SSSR count). The molecule has 2 aromatic carbocycles. The number of methoxy groups -OCH3 is 1. The van der Waals surface area contributed by atoms with Crippen LogP contribution in [0.1, 0.15) is 24.0 Å². The van der Waals surface area contributed by atoms with Crippen molar-refractivity contribution in [3.8, 4) is 5.75 Å². The summed E-state index contributed by atoms with van der Waals surface area (Å²) in [5, 5.41) is 6.84. The highest BCUT2D eigenvalue weighted by molar-refractivity contribution is 7.92. The van der Waals surface area contributed by atoms with Gasteiger partial charge in [0.1, 0.15) is 10.8 Å². The summed E-state index contributed by atoms with van der Waals surface area (Å²) in [6, 6.07) is 8.58. The van der Waals surface area contributed by atoms with Crippen molar-refractivity contribution in [1.82, 2.24) is 19.8 Å². The minimum atomic E-state index is -3.52. The number of likely N-dealkylation sites (N-methyl/N-ethyl adjacent to an activating group) is 2. The number of nitrogens with zero attached hydrogens (tertiary/aromatic N) is 6. The van der Waals surface area contributed by atoms with Gasteiger partial charge >= 0.3 is 0 Å². The van der Waals surface area contributed by atoms with Gasteiger partial charge in [-0.15, -0.1) is 0 Å². The number of hydrogen-bond donors (Lipinski definition) is 3. The molecule has 2 saturated heterocycles. The van der Waals surface area contributed by atoms with Crippen LogP contribution < -0.4 is 29.9 Å². The normalized spacial score (nSPS) is 18.0. The Kier molecular flexibility index (Phi) is 9.38. The summed E-state index contributed by atoms with van der Waals surface area (Å²) >= 11 is 6.54. The van der Waals surface area contributed by atoms with Crippen molar-refractivity contribution in [2.45, 2.75) is 32.2 Å². The Labute approximate surface area is 277 Å². The third-order valence-electron chi connectivity index (χ3n) is 9.26. The zero-order chi connectivity index (χ0) is 32.6. The molecule has 14 heteroatoms. The molecule has 248 valence electrons. The highest BCUT2D eigenvalue weighted by Gasteiger charge is 2.28. The summed E-state index contributed by atoms with van der Waals surface area (Å²) in [4.78, 5) is 18.7. The number of halogens is 1. The maximum absolute atomic E-state index is 12.2. The topological polar surface area (TPSA) is 118 Å². The van der Waals surface area contributed by atoms with Crippen molar-refractivity contribution in [3.63, 3.8) is 0 Å².